The van der Waals surface area contributed by atoms with Crippen molar-refractivity contribution in [3.8, 4) is 0 Å². The van der Waals surface area contributed by atoms with Crippen molar-refractivity contribution in [2.24, 2.45) is 17.3 Å². The zero-order chi connectivity index (χ0) is 11.1. The van der Waals surface area contributed by atoms with Gasteiger partial charge in [0.2, 0.25) is 0 Å². The van der Waals surface area contributed by atoms with Gasteiger partial charge in [0.15, 0.2) is 0 Å². The van der Waals surface area contributed by atoms with Crippen LogP contribution in [0.3, 0.4) is 0 Å². The van der Waals surface area contributed by atoms with Gasteiger partial charge in [-0.15, -0.1) is 0 Å². The van der Waals surface area contributed by atoms with Gasteiger partial charge in [-0.3, -0.25) is 0 Å². The van der Waals surface area contributed by atoms with Crippen LogP contribution in [0.5, 0.6) is 0 Å². The first-order valence-electron chi connectivity index (χ1n) is 6.36. The van der Waals surface area contributed by atoms with E-state index in [1.54, 1.807) is 5.57 Å². The molecule has 0 aromatic carbocycles. The first-order chi connectivity index (χ1) is 7.00. The van der Waals surface area contributed by atoms with E-state index >= 15 is 0 Å². The molecule has 15 heavy (non-hydrogen) atoms. The van der Waals surface area contributed by atoms with Crippen LogP contribution in [-0.2, 0) is 0 Å². The standard InChI is InChI=1S/C15H24/c1-11-7-8-13-12(2)6-5-9-15(3,4)14(13)10-11/h10,13-14H,2,5-9H2,1,3-4H3/t13-,14+/m1/s1. The van der Waals surface area contributed by atoms with Gasteiger partial charge in [0, 0.05) is 0 Å². The summed E-state index contributed by atoms with van der Waals surface area (Å²) < 4.78 is 0. The van der Waals surface area contributed by atoms with Gasteiger partial charge >= 0.3 is 0 Å². The Balaban J connectivity index is 2.34. The first-order valence-corrected chi connectivity index (χ1v) is 6.36. The fraction of sp³-hybridized carbons (Fsp3) is 0.733. The zero-order valence-electron chi connectivity index (χ0n) is 10.5. The van der Waals surface area contributed by atoms with Crippen molar-refractivity contribution in [3.63, 3.8) is 0 Å². The molecule has 2 aliphatic rings. The van der Waals surface area contributed by atoms with E-state index < -0.39 is 0 Å². The SMILES string of the molecule is C=C1CCCC(C)(C)[C@H]2C=C(C)CC[C@H]12. The molecule has 0 N–H and O–H groups in total. The third-order valence-corrected chi connectivity index (χ3v) is 4.49. The van der Waals surface area contributed by atoms with Crippen LogP contribution in [0, 0.1) is 17.3 Å². The van der Waals surface area contributed by atoms with Crippen molar-refractivity contribution in [1.29, 1.82) is 0 Å². The average molecular weight is 204 g/mol. The summed E-state index contributed by atoms with van der Waals surface area (Å²) >= 11 is 0. The Morgan fingerprint density at radius 1 is 1.33 bits per heavy atom. The Labute approximate surface area is 94.5 Å². The van der Waals surface area contributed by atoms with E-state index in [4.69, 9.17) is 0 Å². The van der Waals surface area contributed by atoms with E-state index in [1.165, 1.54) is 37.7 Å². The second kappa shape index (κ2) is 3.81. The highest BCUT2D eigenvalue weighted by Crippen LogP contribution is 2.49. The van der Waals surface area contributed by atoms with Gasteiger partial charge in [-0.05, 0) is 56.3 Å². The van der Waals surface area contributed by atoms with Gasteiger partial charge in [0.25, 0.3) is 0 Å². The smallest absolute Gasteiger partial charge is 0.0114 e. The van der Waals surface area contributed by atoms with Crippen LogP contribution < -0.4 is 0 Å². The van der Waals surface area contributed by atoms with E-state index in [0.29, 0.717) is 5.41 Å². The van der Waals surface area contributed by atoms with Gasteiger partial charge < -0.3 is 0 Å². The molecule has 0 heteroatoms. The summed E-state index contributed by atoms with van der Waals surface area (Å²) in [4.78, 5) is 0. The van der Waals surface area contributed by atoms with Crippen molar-refractivity contribution in [2.45, 2.75) is 52.9 Å². The van der Waals surface area contributed by atoms with Crippen LogP contribution in [0.4, 0.5) is 0 Å². The van der Waals surface area contributed by atoms with E-state index in [9.17, 15) is 0 Å². The topological polar surface area (TPSA) is 0 Å². The van der Waals surface area contributed by atoms with Gasteiger partial charge in [-0.25, -0.2) is 0 Å². The normalized spacial score (nSPS) is 35.4. The minimum absolute atomic E-state index is 0.478. The van der Waals surface area contributed by atoms with Crippen LogP contribution in [-0.4, -0.2) is 0 Å². The van der Waals surface area contributed by atoms with Crippen molar-refractivity contribution in [2.75, 3.05) is 0 Å². The van der Waals surface area contributed by atoms with Crippen LogP contribution in [0.1, 0.15) is 52.9 Å². The molecule has 2 atom stereocenters. The van der Waals surface area contributed by atoms with Crippen LogP contribution in [0.15, 0.2) is 23.8 Å². The van der Waals surface area contributed by atoms with Crippen molar-refractivity contribution >= 4 is 0 Å². The summed E-state index contributed by atoms with van der Waals surface area (Å²) in [5, 5.41) is 0. The van der Waals surface area contributed by atoms with E-state index in [1.807, 2.05) is 0 Å². The summed E-state index contributed by atoms with van der Waals surface area (Å²) in [6.45, 7) is 11.5. The molecule has 0 unspecified atom stereocenters. The number of hydrogen-bond donors (Lipinski definition) is 0. The van der Waals surface area contributed by atoms with E-state index in [-0.39, 0.29) is 0 Å². The average Bonchev–Trinajstić information content (AvgIpc) is 2.26. The van der Waals surface area contributed by atoms with E-state index in [2.05, 4.69) is 33.4 Å². The summed E-state index contributed by atoms with van der Waals surface area (Å²) in [5.41, 5.74) is 3.60. The van der Waals surface area contributed by atoms with Crippen LogP contribution in [0.25, 0.3) is 0 Å². The molecule has 0 aromatic rings. The predicted octanol–water partition coefficient (Wildman–Crippen LogP) is 4.73. The van der Waals surface area contributed by atoms with Crippen LogP contribution in [0.2, 0.25) is 0 Å². The molecule has 0 bridgehead atoms. The summed E-state index contributed by atoms with van der Waals surface area (Å²) in [5.74, 6) is 1.52. The minimum atomic E-state index is 0.478. The molecule has 84 valence electrons. The molecule has 0 nitrogen and oxygen atoms in total. The van der Waals surface area contributed by atoms with Crippen molar-refractivity contribution in [3.05, 3.63) is 23.8 Å². The minimum Gasteiger partial charge on any atom is -0.0996 e. The Bertz CT molecular complexity index is 293. The third-order valence-electron chi connectivity index (χ3n) is 4.49. The molecular formula is C15H24. The summed E-state index contributed by atoms with van der Waals surface area (Å²) in [6.07, 6.45) is 9.14. The largest absolute Gasteiger partial charge is 0.0996 e. The molecule has 0 spiro atoms. The highest BCUT2D eigenvalue weighted by atomic mass is 14.4. The quantitative estimate of drug-likeness (QED) is 0.501. The molecule has 0 aliphatic heterocycles. The molecule has 1 fully saturated rings. The second-order valence-electron chi connectivity index (χ2n) is 6.18. The number of allylic oxidation sites excluding steroid dienone is 3. The lowest BCUT2D eigenvalue weighted by Crippen LogP contribution is -2.30. The maximum atomic E-state index is 4.32. The monoisotopic (exact) mass is 204 g/mol. The molecule has 0 heterocycles. The first kappa shape index (κ1) is 11.0. The lowest BCUT2D eigenvalue weighted by molar-refractivity contribution is 0.186. The maximum Gasteiger partial charge on any atom is -0.0114 e. The fourth-order valence-electron chi connectivity index (χ4n) is 3.42. The molecular weight excluding hydrogens is 180 g/mol. The van der Waals surface area contributed by atoms with Gasteiger partial charge in [0.1, 0.15) is 0 Å². The Morgan fingerprint density at radius 3 is 2.80 bits per heavy atom. The molecule has 2 rings (SSSR count). The summed E-state index contributed by atoms with van der Waals surface area (Å²) in [7, 11) is 0. The Kier molecular flexibility index (Phi) is 2.79. The van der Waals surface area contributed by atoms with Gasteiger partial charge in [-0.2, -0.15) is 0 Å². The van der Waals surface area contributed by atoms with Crippen LogP contribution >= 0.6 is 0 Å². The number of hydrogen-bond acceptors (Lipinski definition) is 0. The molecule has 2 aliphatic carbocycles. The lowest BCUT2D eigenvalue weighted by Gasteiger charge is -2.39. The predicted molar refractivity (Wildman–Crippen MR) is 66.7 cm³/mol. The molecule has 1 saturated carbocycles. The van der Waals surface area contributed by atoms with E-state index in [0.717, 1.165) is 11.8 Å². The Morgan fingerprint density at radius 2 is 2.07 bits per heavy atom. The van der Waals surface area contributed by atoms with Gasteiger partial charge in [0.05, 0.1) is 0 Å². The molecule has 0 radical (unpaired) electrons. The summed E-state index contributed by atoms with van der Waals surface area (Å²) in [6, 6.07) is 0. The fourth-order valence-corrected chi connectivity index (χ4v) is 3.42. The third kappa shape index (κ3) is 2.04. The highest BCUT2D eigenvalue weighted by molar-refractivity contribution is 5.19. The van der Waals surface area contributed by atoms with Gasteiger partial charge in [-0.1, -0.05) is 37.6 Å². The lowest BCUT2D eigenvalue weighted by atomic mass is 9.65. The molecule has 0 aromatic heterocycles. The number of fused-ring (bicyclic) bond motifs is 1. The zero-order valence-corrected chi connectivity index (χ0v) is 10.5. The Hall–Kier alpha value is -0.520. The molecule has 0 amide bonds. The van der Waals surface area contributed by atoms with Crippen molar-refractivity contribution < 1.29 is 0 Å². The maximum absolute atomic E-state index is 4.32. The number of rotatable bonds is 0. The molecule has 0 saturated heterocycles. The highest BCUT2D eigenvalue weighted by Gasteiger charge is 2.38. The second-order valence-corrected chi connectivity index (χ2v) is 6.18. The van der Waals surface area contributed by atoms with Crippen molar-refractivity contribution in [1.82, 2.24) is 0 Å².